The first-order valence-corrected chi connectivity index (χ1v) is 20.7. The zero-order valence-corrected chi connectivity index (χ0v) is 34.6. The number of terminal acetylenes is 1. The van der Waals surface area contributed by atoms with E-state index >= 15 is 0 Å². The number of anilines is 5. The molecule has 1 fully saturated rings. The van der Waals surface area contributed by atoms with E-state index in [1.54, 1.807) is 66.9 Å². The van der Waals surface area contributed by atoms with Gasteiger partial charge < -0.3 is 35.5 Å². The summed E-state index contributed by atoms with van der Waals surface area (Å²) in [6.07, 6.45) is 10.6. The second-order valence-corrected chi connectivity index (χ2v) is 16.4. The van der Waals surface area contributed by atoms with Crippen LogP contribution < -0.4 is 35.5 Å². The van der Waals surface area contributed by atoms with Gasteiger partial charge in [-0.2, -0.15) is 0 Å². The number of carbonyl (C=O) groups excluding carboxylic acids is 2. The predicted molar refractivity (Wildman–Crippen MR) is 230 cm³/mol. The number of benzene rings is 3. The minimum absolute atomic E-state index is 0.159. The number of hydrogen-bond donors (Lipinski definition) is 5. The topological polar surface area (TPSA) is 172 Å². The van der Waals surface area contributed by atoms with E-state index in [0.717, 1.165) is 37.0 Å². The minimum Gasteiger partial charge on any atom is -0.492 e. The number of sulfonamides is 1. The molecular weight excluding hydrogens is 759 g/mol. The normalized spacial score (nSPS) is 13.1. The molecular formula is C43H51N7O7S. The van der Waals surface area contributed by atoms with Crippen LogP contribution in [0.25, 0.3) is 6.08 Å². The van der Waals surface area contributed by atoms with Crippen LogP contribution in [-0.2, 0) is 26.6 Å². The van der Waals surface area contributed by atoms with Crippen molar-refractivity contribution >= 4 is 56.6 Å². The molecule has 0 aliphatic carbocycles. The minimum atomic E-state index is -3.65. The van der Waals surface area contributed by atoms with Gasteiger partial charge in [-0.1, -0.05) is 46.3 Å². The first-order valence-electron chi connectivity index (χ1n) is 18.8. The molecule has 5 N–H and O–H groups in total. The molecule has 5 rings (SSSR count). The Morgan fingerprint density at radius 1 is 1.03 bits per heavy atom. The Morgan fingerprint density at radius 3 is 2.41 bits per heavy atom. The summed E-state index contributed by atoms with van der Waals surface area (Å²) < 4.78 is 44.2. The van der Waals surface area contributed by atoms with E-state index in [9.17, 15) is 18.0 Å². The molecule has 0 atom stereocenters. The van der Waals surface area contributed by atoms with Crippen LogP contribution in [0.2, 0.25) is 0 Å². The van der Waals surface area contributed by atoms with Crippen molar-refractivity contribution in [1.29, 1.82) is 0 Å². The van der Waals surface area contributed by atoms with Crippen LogP contribution >= 0.6 is 0 Å². The van der Waals surface area contributed by atoms with Gasteiger partial charge in [0.25, 0.3) is 5.91 Å². The van der Waals surface area contributed by atoms with Gasteiger partial charge >= 0.3 is 6.03 Å². The molecule has 1 aliphatic rings. The Hall–Kier alpha value is -6.08. The molecule has 15 heteroatoms. The monoisotopic (exact) mass is 809 g/mol. The highest BCUT2D eigenvalue weighted by Gasteiger charge is 2.23. The lowest BCUT2D eigenvalue weighted by Gasteiger charge is -2.26. The molecule has 0 bridgehead atoms. The predicted octanol–water partition coefficient (Wildman–Crippen LogP) is 7.19. The molecule has 1 saturated heterocycles. The van der Waals surface area contributed by atoms with Crippen molar-refractivity contribution < 1.29 is 32.2 Å². The van der Waals surface area contributed by atoms with Gasteiger partial charge in [0.1, 0.15) is 17.3 Å². The zero-order valence-electron chi connectivity index (χ0n) is 33.7. The third-order valence-corrected chi connectivity index (χ3v) is 9.82. The lowest BCUT2D eigenvalue weighted by Crippen LogP contribution is -2.41. The van der Waals surface area contributed by atoms with Gasteiger partial charge in [0, 0.05) is 66.4 Å². The van der Waals surface area contributed by atoms with Crippen molar-refractivity contribution in [2.45, 2.75) is 39.5 Å². The van der Waals surface area contributed by atoms with E-state index in [-0.39, 0.29) is 28.4 Å². The van der Waals surface area contributed by atoms with Crippen LogP contribution in [0.3, 0.4) is 0 Å². The molecule has 58 heavy (non-hydrogen) atoms. The number of rotatable bonds is 15. The third-order valence-electron chi connectivity index (χ3n) is 9.23. The Labute approximate surface area is 340 Å². The van der Waals surface area contributed by atoms with E-state index in [1.807, 2.05) is 27.7 Å². The summed E-state index contributed by atoms with van der Waals surface area (Å²) in [5.41, 5.74) is 4.34. The fourth-order valence-electron chi connectivity index (χ4n) is 6.36. The molecule has 0 radical (unpaired) electrons. The Kier molecular flexibility index (Phi) is 14.0. The fourth-order valence-corrected chi connectivity index (χ4v) is 6.91. The number of amides is 3. The molecule has 14 nitrogen and oxygen atoms in total. The first-order chi connectivity index (χ1) is 27.6. The van der Waals surface area contributed by atoms with Crippen LogP contribution in [0.15, 0.2) is 67.4 Å². The number of morpholine rings is 1. The first kappa shape index (κ1) is 43.1. The second-order valence-electron chi connectivity index (χ2n) is 14.6. The maximum absolute atomic E-state index is 13.5. The highest BCUT2D eigenvalue weighted by atomic mass is 32.2. The number of carbonyl (C=O) groups is 2. The molecule has 0 spiro atoms. The molecule has 1 aliphatic heterocycles. The Morgan fingerprint density at radius 2 is 1.76 bits per heavy atom. The van der Waals surface area contributed by atoms with E-state index < -0.39 is 16.1 Å². The molecule has 3 amide bonds. The smallest absolute Gasteiger partial charge is 0.323 e. The van der Waals surface area contributed by atoms with E-state index in [1.165, 1.54) is 7.11 Å². The number of ether oxygens (including phenoxy) is 3. The maximum atomic E-state index is 13.5. The molecule has 4 aromatic rings. The highest BCUT2D eigenvalue weighted by molar-refractivity contribution is 7.92. The summed E-state index contributed by atoms with van der Waals surface area (Å²) in [6.45, 7) is 16.2. The second kappa shape index (κ2) is 18.9. The molecule has 0 saturated carbocycles. The van der Waals surface area contributed by atoms with Crippen molar-refractivity contribution in [2.75, 3.05) is 73.4 Å². The molecule has 306 valence electrons. The zero-order chi connectivity index (χ0) is 42.0. The lowest BCUT2D eigenvalue weighted by molar-refractivity contribution is 0.0383. The van der Waals surface area contributed by atoms with Crippen LogP contribution in [0, 0.1) is 12.3 Å². The lowest BCUT2D eigenvalue weighted by atomic mass is 9.86. The van der Waals surface area contributed by atoms with Crippen LogP contribution in [0.5, 0.6) is 17.2 Å². The maximum Gasteiger partial charge on any atom is 0.323 e. The number of aromatic nitrogens is 1. The molecule has 3 aromatic carbocycles. The number of pyridine rings is 1. The van der Waals surface area contributed by atoms with E-state index in [4.69, 9.17) is 20.6 Å². The summed E-state index contributed by atoms with van der Waals surface area (Å²) in [5, 5.41) is 11.9. The van der Waals surface area contributed by atoms with Gasteiger partial charge in [0.2, 0.25) is 10.0 Å². The van der Waals surface area contributed by atoms with Crippen molar-refractivity contribution in [3.05, 3.63) is 95.2 Å². The van der Waals surface area contributed by atoms with E-state index in [0.29, 0.717) is 71.6 Å². The quantitative estimate of drug-likeness (QED) is 0.0775. The molecule has 2 heterocycles. The SMILES string of the molecule is C#Cc1cc(Nc2cc(Oc3ccc(NC(=O)Nc4cc(C(C)(C)C)cc(NS(C)(=O)=O)c4OC)c(C=C)c3CC)ccn2)cc(C(=O)NCCN2CCOCC2)c1. The average molecular weight is 810 g/mol. The Bertz CT molecular complexity index is 2310. The van der Waals surface area contributed by atoms with Gasteiger partial charge in [0.05, 0.1) is 43.6 Å². The van der Waals surface area contributed by atoms with Crippen molar-refractivity contribution in [1.82, 2.24) is 15.2 Å². The van der Waals surface area contributed by atoms with Crippen molar-refractivity contribution in [3.8, 4) is 29.6 Å². The summed E-state index contributed by atoms with van der Waals surface area (Å²) in [4.78, 5) is 33.3. The number of nitrogens with one attached hydrogen (secondary N) is 5. The average Bonchev–Trinajstić information content (AvgIpc) is 3.17. The van der Waals surface area contributed by atoms with E-state index in [2.05, 4.69) is 48.4 Å². The standard InChI is InChI=1S/C43H51N7O7S/c1-9-28-22-29(41(51)45-16-17-50-18-20-56-21-19-50)24-31(23-28)46-39-27-32(14-15-44-39)57-38-13-12-35(33(10-2)34(38)11-3)47-42(52)48-36-25-30(43(4,5)6)26-37(40(36)55-7)49-58(8,53)54/h1,10,12-15,22-27,49H,2,11,16-21H2,3-8H3,(H,44,46)(H,45,51)(H2,47,48,52). The van der Waals surface area contributed by atoms with Gasteiger partial charge in [0.15, 0.2) is 5.75 Å². The third kappa shape index (κ3) is 11.5. The van der Waals surface area contributed by atoms with Gasteiger partial charge in [-0.05, 0) is 65.9 Å². The summed E-state index contributed by atoms with van der Waals surface area (Å²) in [7, 11) is -2.25. The molecule has 0 unspecified atom stereocenters. The number of methoxy groups -OCH3 is 1. The highest BCUT2D eigenvalue weighted by Crippen LogP contribution is 2.40. The van der Waals surface area contributed by atoms with Gasteiger partial charge in [-0.3, -0.25) is 14.4 Å². The van der Waals surface area contributed by atoms with Gasteiger partial charge in [-0.25, -0.2) is 18.2 Å². The molecule has 1 aromatic heterocycles. The fraction of sp³-hybridized carbons (Fsp3) is 0.326. The van der Waals surface area contributed by atoms with Crippen LogP contribution in [0.1, 0.15) is 60.3 Å². The number of nitrogens with zero attached hydrogens (tertiary/aromatic N) is 2. The largest absolute Gasteiger partial charge is 0.492 e. The Balaban J connectivity index is 1.32. The summed E-state index contributed by atoms with van der Waals surface area (Å²) in [6, 6.07) is 14.9. The van der Waals surface area contributed by atoms with Crippen LogP contribution in [-0.4, -0.2) is 83.0 Å². The summed E-state index contributed by atoms with van der Waals surface area (Å²) in [5.74, 6) is 4.04. The number of urea groups is 1. The van der Waals surface area contributed by atoms with Crippen molar-refractivity contribution in [3.63, 3.8) is 0 Å². The van der Waals surface area contributed by atoms with Crippen molar-refractivity contribution in [2.24, 2.45) is 0 Å². The van der Waals surface area contributed by atoms with Crippen LogP contribution in [0.4, 0.5) is 33.4 Å². The van der Waals surface area contributed by atoms with Gasteiger partial charge in [-0.15, -0.1) is 6.42 Å². The number of hydrogen-bond acceptors (Lipinski definition) is 10. The summed E-state index contributed by atoms with van der Waals surface area (Å²) >= 11 is 0.